The van der Waals surface area contributed by atoms with Gasteiger partial charge in [0.2, 0.25) is 0 Å². The number of nitrogens with one attached hydrogen (secondary N) is 1. The fourth-order valence-corrected chi connectivity index (χ4v) is 2.94. The van der Waals surface area contributed by atoms with Gasteiger partial charge in [0, 0.05) is 20.2 Å². The summed E-state index contributed by atoms with van der Waals surface area (Å²) in [5, 5.41) is 3.12. The van der Waals surface area contributed by atoms with Gasteiger partial charge in [-0.2, -0.15) is 0 Å². The first-order valence-electron chi connectivity index (χ1n) is 5.36. The molecule has 0 atom stereocenters. The third-order valence-corrected chi connectivity index (χ3v) is 3.71. The van der Waals surface area contributed by atoms with E-state index in [0.29, 0.717) is 22.1 Å². The number of hydrogen-bond donors (Lipinski definition) is 1. The Labute approximate surface area is 132 Å². The maximum Gasteiger partial charge on any atom is 0.255 e. The van der Waals surface area contributed by atoms with Crippen molar-refractivity contribution in [2.24, 2.45) is 0 Å². The smallest absolute Gasteiger partial charge is 0.255 e. The Hall–Kier alpha value is -0.910. The highest BCUT2D eigenvalue weighted by molar-refractivity contribution is 9.11. The van der Waals surface area contributed by atoms with Crippen molar-refractivity contribution in [1.29, 1.82) is 0 Å². The highest BCUT2D eigenvalue weighted by atomic mass is 79.9. The van der Waals surface area contributed by atoms with Gasteiger partial charge < -0.3 is 5.32 Å². The van der Waals surface area contributed by atoms with Crippen molar-refractivity contribution in [3.63, 3.8) is 0 Å². The van der Waals surface area contributed by atoms with Crippen molar-refractivity contribution >= 4 is 55.1 Å². The van der Waals surface area contributed by atoms with Crippen LogP contribution in [-0.2, 0) is 0 Å². The standard InChI is InChI=1S/C13H9Br2ClN2O/c1-7-4-8(5-12(16)17-7)13(19)18-11-3-2-9(14)6-10(11)15/h2-6H,1H3,(H,18,19). The van der Waals surface area contributed by atoms with Crippen LogP contribution in [0.2, 0.25) is 5.15 Å². The second-order valence-electron chi connectivity index (χ2n) is 3.90. The van der Waals surface area contributed by atoms with Crippen LogP contribution < -0.4 is 5.32 Å². The average Bonchev–Trinajstić information content (AvgIpc) is 2.31. The lowest BCUT2D eigenvalue weighted by Gasteiger charge is -2.08. The van der Waals surface area contributed by atoms with Crippen LogP contribution in [0.15, 0.2) is 39.3 Å². The number of benzene rings is 1. The summed E-state index contributed by atoms with van der Waals surface area (Å²) < 4.78 is 1.73. The molecule has 0 radical (unpaired) electrons. The Morgan fingerprint density at radius 3 is 2.63 bits per heavy atom. The molecule has 2 rings (SSSR count). The molecule has 6 heteroatoms. The van der Waals surface area contributed by atoms with Gasteiger partial charge in [0.25, 0.3) is 5.91 Å². The zero-order chi connectivity index (χ0) is 14.0. The van der Waals surface area contributed by atoms with Crippen LogP contribution in [0, 0.1) is 6.92 Å². The third kappa shape index (κ3) is 3.78. The van der Waals surface area contributed by atoms with Gasteiger partial charge in [-0.15, -0.1) is 0 Å². The second-order valence-corrected chi connectivity index (χ2v) is 6.06. The minimum Gasteiger partial charge on any atom is -0.321 e. The van der Waals surface area contributed by atoms with E-state index in [1.165, 1.54) is 6.07 Å². The fraction of sp³-hybridized carbons (Fsp3) is 0.0769. The number of carbonyl (C=O) groups is 1. The van der Waals surface area contributed by atoms with E-state index in [0.717, 1.165) is 8.95 Å². The maximum absolute atomic E-state index is 12.1. The lowest BCUT2D eigenvalue weighted by molar-refractivity contribution is 0.102. The maximum atomic E-state index is 12.1. The molecule has 0 saturated carbocycles. The number of nitrogens with zero attached hydrogens (tertiary/aromatic N) is 1. The molecule has 1 aromatic carbocycles. The molecule has 1 heterocycles. The largest absolute Gasteiger partial charge is 0.321 e. The van der Waals surface area contributed by atoms with Crippen LogP contribution in [0.1, 0.15) is 16.1 Å². The first kappa shape index (κ1) is 14.5. The molecule has 0 saturated heterocycles. The molecule has 19 heavy (non-hydrogen) atoms. The van der Waals surface area contributed by atoms with Crippen LogP contribution in [0.3, 0.4) is 0 Å². The van der Waals surface area contributed by atoms with E-state index in [-0.39, 0.29) is 5.91 Å². The van der Waals surface area contributed by atoms with Gasteiger partial charge in [0.1, 0.15) is 5.15 Å². The summed E-state index contributed by atoms with van der Waals surface area (Å²) in [6.45, 7) is 1.79. The van der Waals surface area contributed by atoms with Crippen molar-refractivity contribution < 1.29 is 4.79 Å². The minimum atomic E-state index is -0.226. The normalized spacial score (nSPS) is 10.3. The zero-order valence-corrected chi connectivity index (χ0v) is 13.8. The molecule has 0 fully saturated rings. The van der Waals surface area contributed by atoms with Gasteiger partial charge in [0.15, 0.2) is 0 Å². The fourth-order valence-electron chi connectivity index (χ4n) is 1.54. The number of pyridine rings is 1. The van der Waals surface area contributed by atoms with Crippen LogP contribution in [0.5, 0.6) is 0 Å². The summed E-state index contributed by atoms with van der Waals surface area (Å²) >= 11 is 12.6. The summed E-state index contributed by atoms with van der Waals surface area (Å²) in [7, 11) is 0. The molecule has 0 spiro atoms. The molecular weight excluding hydrogens is 395 g/mol. The van der Waals surface area contributed by atoms with E-state index < -0.39 is 0 Å². The van der Waals surface area contributed by atoms with E-state index in [9.17, 15) is 4.79 Å². The van der Waals surface area contributed by atoms with E-state index in [1.54, 1.807) is 13.0 Å². The number of rotatable bonds is 2. The summed E-state index contributed by atoms with van der Waals surface area (Å²) in [5.74, 6) is -0.226. The minimum absolute atomic E-state index is 0.226. The average molecular weight is 404 g/mol. The van der Waals surface area contributed by atoms with Gasteiger partial charge in [-0.3, -0.25) is 4.79 Å². The van der Waals surface area contributed by atoms with Gasteiger partial charge >= 0.3 is 0 Å². The topological polar surface area (TPSA) is 42.0 Å². The summed E-state index contributed by atoms with van der Waals surface area (Å²) in [6.07, 6.45) is 0. The number of carbonyl (C=O) groups excluding carboxylic acids is 1. The summed E-state index contributed by atoms with van der Waals surface area (Å²) in [5.41, 5.74) is 1.87. The number of amides is 1. The summed E-state index contributed by atoms with van der Waals surface area (Å²) in [6, 6.07) is 8.75. The van der Waals surface area contributed by atoms with Gasteiger partial charge in [-0.1, -0.05) is 27.5 Å². The lowest BCUT2D eigenvalue weighted by Crippen LogP contribution is -2.12. The Balaban J connectivity index is 2.25. The first-order chi connectivity index (χ1) is 8.95. The number of hydrogen-bond acceptors (Lipinski definition) is 2. The van der Waals surface area contributed by atoms with Crippen LogP contribution in [-0.4, -0.2) is 10.9 Å². The molecular formula is C13H9Br2ClN2O. The number of anilines is 1. The van der Waals surface area contributed by atoms with E-state index >= 15 is 0 Å². The van der Waals surface area contributed by atoms with E-state index in [2.05, 4.69) is 42.2 Å². The number of aromatic nitrogens is 1. The van der Waals surface area contributed by atoms with Crippen LogP contribution in [0.25, 0.3) is 0 Å². The monoisotopic (exact) mass is 402 g/mol. The molecule has 0 bridgehead atoms. The van der Waals surface area contributed by atoms with Crippen molar-refractivity contribution in [1.82, 2.24) is 4.98 Å². The number of halogens is 3. The predicted octanol–water partition coefficient (Wildman–Crippen LogP) is 4.82. The van der Waals surface area contributed by atoms with E-state index in [1.807, 2.05) is 18.2 Å². The first-order valence-corrected chi connectivity index (χ1v) is 7.32. The van der Waals surface area contributed by atoms with Crippen molar-refractivity contribution in [2.75, 3.05) is 5.32 Å². The molecule has 2 aromatic rings. The Bertz CT molecular complexity index is 626. The third-order valence-electron chi connectivity index (χ3n) is 2.36. The van der Waals surface area contributed by atoms with Gasteiger partial charge in [-0.05, 0) is 53.2 Å². The zero-order valence-electron chi connectivity index (χ0n) is 9.88. The highest BCUT2D eigenvalue weighted by Crippen LogP contribution is 2.26. The molecule has 1 N–H and O–H groups in total. The lowest BCUT2D eigenvalue weighted by atomic mass is 10.2. The second kappa shape index (κ2) is 6.03. The van der Waals surface area contributed by atoms with Crippen molar-refractivity contribution in [3.8, 4) is 0 Å². The Morgan fingerprint density at radius 2 is 2.00 bits per heavy atom. The summed E-state index contributed by atoms with van der Waals surface area (Å²) in [4.78, 5) is 16.1. The molecule has 1 amide bonds. The SMILES string of the molecule is Cc1cc(C(=O)Nc2ccc(Br)cc2Br)cc(Cl)n1. The van der Waals surface area contributed by atoms with Crippen molar-refractivity contribution in [2.45, 2.75) is 6.92 Å². The molecule has 98 valence electrons. The number of aryl methyl sites for hydroxylation is 1. The Kier molecular flexibility index (Phi) is 4.60. The molecule has 0 unspecified atom stereocenters. The molecule has 0 aliphatic heterocycles. The predicted molar refractivity (Wildman–Crippen MR) is 83.8 cm³/mol. The molecule has 0 aliphatic carbocycles. The molecule has 0 aliphatic rings. The Morgan fingerprint density at radius 1 is 1.26 bits per heavy atom. The highest BCUT2D eigenvalue weighted by Gasteiger charge is 2.10. The quantitative estimate of drug-likeness (QED) is 0.729. The van der Waals surface area contributed by atoms with Gasteiger partial charge in [0.05, 0.1) is 5.69 Å². The van der Waals surface area contributed by atoms with Gasteiger partial charge in [-0.25, -0.2) is 4.98 Å². The van der Waals surface area contributed by atoms with Crippen LogP contribution >= 0.6 is 43.5 Å². The molecule has 1 aromatic heterocycles. The van der Waals surface area contributed by atoms with Crippen LogP contribution in [0.4, 0.5) is 5.69 Å². The molecule has 3 nitrogen and oxygen atoms in total. The van der Waals surface area contributed by atoms with E-state index in [4.69, 9.17) is 11.6 Å². The van der Waals surface area contributed by atoms with Crippen molar-refractivity contribution in [3.05, 3.63) is 55.7 Å².